The van der Waals surface area contributed by atoms with Crippen LogP contribution in [0.4, 0.5) is 5.69 Å². The number of halogens is 1. The Balaban J connectivity index is 2.82. The Kier molecular flexibility index (Phi) is 5.51. The number of amides is 2. The SMILES string of the molecule is NC(=O)CC[C@@H](NC(=O)c1cc(N)ccc1Br)C(=O)O. The highest BCUT2D eigenvalue weighted by Crippen LogP contribution is 2.19. The van der Waals surface area contributed by atoms with E-state index in [1.807, 2.05) is 0 Å². The summed E-state index contributed by atoms with van der Waals surface area (Å²) < 4.78 is 0.489. The summed E-state index contributed by atoms with van der Waals surface area (Å²) in [6, 6.07) is 3.42. The van der Waals surface area contributed by atoms with E-state index in [0.717, 1.165) is 0 Å². The molecule has 0 aliphatic carbocycles. The van der Waals surface area contributed by atoms with E-state index in [1.54, 1.807) is 12.1 Å². The van der Waals surface area contributed by atoms with Crippen LogP contribution >= 0.6 is 15.9 Å². The number of carbonyl (C=O) groups is 3. The van der Waals surface area contributed by atoms with Gasteiger partial charge in [0.2, 0.25) is 5.91 Å². The summed E-state index contributed by atoms with van der Waals surface area (Å²) >= 11 is 3.18. The zero-order valence-electron chi connectivity index (χ0n) is 10.4. The molecule has 0 radical (unpaired) electrons. The van der Waals surface area contributed by atoms with Crippen molar-refractivity contribution >= 4 is 39.4 Å². The van der Waals surface area contributed by atoms with Gasteiger partial charge in [-0.3, -0.25) is 9.59 Å². The number of anilines is 1. The lowest BCUT2D eigenvalue weighted by Crippen LogP contribution is -2.41. The molecule has 0 heterocycles. The molecule has 1 aromatic rings. The third-order valence-electron chi connectivity index (χ3n) is 2.52. The van der Waals surface area contributed by atoms with Crippen LogP contribution in [-0.4, -0.2) is 28.9 Å². The molecule has 0 saturated carbocycles. The largest absolute Gasteiger partial charge is 0.480 e. The van der Waals surface area contributed by atoms with Crippen LogP contribution in [0, 0.1) is 0 Å². The molecule has 2 amide bonds. The van der Waals surface area contributed by atoms with Crippen LogP contribution in [0.3, 0.4) is 0 Å². The minimum Gasteiger partial charge on any atom is -0.480 e. The van der Waals surface area contributed by atoms with E-state index in [2.05, 4.69) is 21.2 Å². The molecule has 20 heavy (non-hydrogen) atoms. The Morgan fingerprint density at radius 2 is 2.00 bits per heavy atom. The second-order valence-corrected chi connectivity index (χ2v) is 4.96. The fourth-order valence-corrected chi connectivity index (χ4v) is 1.92. The molecule has 0 aliphatic rings. The average Bonchev–Trinajstić information content (AvgIpc) is 2.36. The van der Waals surface area contributed by atoms with Crippen LogP contribution < -0.4 is 16.8 Å². The van der Waals surface area contributed by atoms with Crippen molar-refractivity contribution in [2.45, 2.75) is 18.9 Å². The maximum atomic E-state index is 12.0. The Hall–Kier alpha value is -2.09. The Morgan fingerprint density at radius 1 is 1.35 bits per heavy atom. The van der Waals surface area contributed by atoms with Crippen molar-refractivity contribution < 1.29 is 19.5 Å². The van der Waals surface area contributed by atoms with E-state index >= 15 is 0 Å². The first-order chi connectivity index (χ1) is 9.31. The Bertz CT molecular complexity index is 548. The molecule has 0 spiro atoms. The minimum absolute atomic E-state index is 0.0731. The number of rotatable bonds is 6. The maximum Gasteiger partial charge on any atom is 0.326 e. The van der Waals surface area contributed by atoms with Gasteiger partial charge in [-0.25, -0.2) is 4.79 Å². The zero-order chi connectivity index (χ0) is 15.3. The van der Waals surface area contributed by atoms with E-state index in [-0.39, 0.29) is 18.4 Å². The molecule has 0 bridgehead atoms. The zero-order valence-corrected chi connectivity index (χ0v) is 12.0. The molecule has 8 heteroatoms. The van der Waals surface area contributed by atoms with Crippen molar-refractivity contribution in [2.75, 3.05) is 5.73 Å². The molecule has 1 rings (SSSR count). The summed E-state index contributed by atoms with van der Waals surface area (Å²) in [6.07, 6.45) is -0.203. The topological polar surface area (TPSA) is 136 Å². The van der Waals surface area contributed by atoms with E-state index in [0.29, 0.717) is 10.2 Å². The summed E-state index contributed by atoms with van der Waals surface area (Å²) in [4.78, 5) is 33.7. The summed E-state index contributed by atoms with van der Waals surface area (Å²) in [7, 11) is 0. The standard InChI is InChI=1S/C12H14BrN3O4/c13-8-2-1-6(14)5-7(8)11(18)16-9(12(19)20)3-4-10(15)17/h1-2,5,9H,3-4,14H2,(H2,15,17)(H,16,18)(H,19,20)/t9-/m1/s1. The number of primary amides is 1. The lowest BCUT2D eigenvalue weighted by molar-refractivity contribution is -0.139. The highest BCUT2D eigenvalue weighted by Gasteiger charge is 2.22. The predicted octanol–water partition coefficient (Wildman–Crippen LogP) is 0.480. The lowest BCUT2D eigenvalue weighted by Gasteiger charge is -2.14. The Labute approximate surface area is 123 Å². The second-order valence-electron chi connectivity index (χ2n) is 4.11. The van der Waals surface area contributed by atoms with Gasteiger partial charge < -0.3 is 21.9 Å². The molecule has 0 fully saturated rings. The number of nitrogens with two attached hydrogens (primary N) is 2. The number of carboxylic acids is 1. The van der Waals surface area contributed by atoms with Gasteiger partial charge in [-0.15, -0.1) is 0 Å². The van der Waals surface area contributed by atoms with Gasteiger partial charge in [0.15, 0.2) is 0 Å². The van der Waals surface area contributed by atoms with Crippen molar-refractivity contribution in [1.82, 2.24) is 5.32 Å². The number of nitrogen functional groups attached to an aromatic ring is 1. The summed E-state index contributed by atoms with van der Waals surface area (Å²) in [6.45, 7) is 0. The number of aliphatic carboxylic acids is 1. The van der Waals surface area contributed by atoms with E-state index in [1.165, 1.54) is 6.07 Å². The lowest BCUT2D eigenvalue weighted by atomic mass is 10.1. The predicted molar refractivity (Wildman–Crippen MR) is 75.9 cm³/mol. The molecular weight excluding hydrogens is 330 g/mol. The fraction of sp³-hybridized carbons (Fsp3) is 0.250. The van der Waals surface area contributed by atoms with Crippen LogP contribution in [0.5, 0.6) is 0 Å². The average molecular weight is 344 g/mol. The van der Waals surface area contributed by atoms with Crippen molar-refractivity contribution in [1.29, 1.82) is 0 Å². The van der Waals surface area contributed by atoms with Gasteiger partial charge in [0.05, 0.1) is 5.56 Å². The molecule has 0 saturated heterocycles. The van der Waals surface area contributed by atoms with E-state index in [4.69, 9.17) is 16.6 Å². The molecule has 1 aromatic carbocycles. The third kappa shape index (κ3) is 4.54. The molecule has 0 unspecified atom stereocenters. The number of nitrogens with one attached hydrogen (secondary N) is 1. The highest BCUT2D eigenvalue weighted by atomic mass is 79.9. The van der Waals surface area contributed by atoms with Gasteiger partial charge in [-0.1, -0.05) is 0 Å². The van der Waals surface area contributed by atoms with Crippen molar-refractivity contribution in [3.05, 3.63) is 28.2 Å². The Morgan fingerprint density at radius 3 is 2.55 bits per heavy atom. The summed E-state index contributed by atoms with van der Waals surface area (Å²) in [5.74, 6) is -2.46. The molecule has 0 aliphatic heterocycles. The van der Waals surface area contributed by atoms with Crippen LogP contribution in [0.15, 0.2) is 22.7 Å². The van der Waals surface area contributed by atoms with Gasteiger partial charge in [-0.05, 0) is 40.5 Å². The fourth-order valence-electron chi connectivity index (χ4n) is 1.50. The van der Waals surface area contributed by atoms with E-state index in [9.17, 15) is 14.4 Å². The molecule has 0 aromatic heterocycles. The minimum atomic E-state index is -1.24. The van der Waals surface area contributed by atoms with Crippen LogP contribution in [0.25, 0.3) is 0 Å². The highest BCUT2D eigenvalue weighted by molar-refractivity contribution is 9.10. The molecular formula is C12H14BrN3O4. The van der Waals surface area contributed by atoms with Crippen molar-refractivity contribution in [3.8, 4) is 0 Å². The van der Waals surface area contributed by atoms with Crippen LogP contribution in [-0.2, 0) is 9.59 Å². The third-order valence-corrected chi connectivity index (χ3v) is 3.21. The number of hydrogen-bond donors (Lipinski definition) is 4. The quantitative estimate of drug-likeness (QED) is 0.557. The molecule has 1 atom stereocenters. The molecule has 7 nitrogen and oxygen atoms in total. The first-order valence-electron chi connectivity index (χ1n) is 5.68. The maximum absolute atomic E-state index is 12.0. The van der Waals surface area contributed by atoms with Crippen molar-refractivity contribution in [2.24, 2.45) is 5.73 Å². The first kappa shape index (κ1) is 16.0. The summed E-state index contributed by atoms with van der Waals surface area (Å²) in [5, 5.41) is 11.3. The van der Waals surface area contributed by atoms with Gasteiger partial charge in [0.1, 0.15) is 6.04 Å². The monoisotopic (exact) mass is 343 g/mol. The number of hydrogen-bond acceptors (Lipinski definition) is 4. The number of benzene rings is 1. The second kappa shape index (κ2) is 6.90. The molecule has 6 N–H and O–H groups in total. The molecule has 108 valence electrons. The van der Waals surface area contributed by atoms with Gasteiger partial charge in [-0.2, -0.15) is 0 Å². The summed E-state index contributed by atoms with van der Waals surface area (Å²) in [5.41, 5.74) is 11.1. The van der Waals surface area contributed by atoms with Gasteiger partial charge >= 0.3 is 5.97 Å². The number of carbonyl (C=O) groups excluding carboxylic acids is 2. The van der Waals surface area contributed by atoms with Crippen molar-refractivity contribution in [3.63, 3.8) is 0 Å². The van der Waals surface area contributed by atoms with E-state index < -0.39 is 23.8 Å². The van der Waals surface area contributed by atoms with Crippen LogP contribution in [0.1, 0.15) is 23.2 Å². The van der Waals surface area contributed by atoms with Gasteiger partial charge in [0, 0.05) is 16.6 Å². The first-order valence-corrected chi connectivity index (χ1v) is 6.47. The number of carboxylic acid groups (broad SMARTS) is 1. The smallest absolute Gasteiger partial charge is 0.326 e. The van der Waals surface area contributed by atoms with Crippen LogP contribution in [0.2, 0.25) is 0 Å². The normalized spacial score (nSPS) is 11.7. The van der Waals surface area contributed by atoms with Gasteiger partial charge in [0.25, 0.3) is 5.91 Å².